The molecule has 5 rings (SSSR count). The van der Waals surface area contributed by atoms with Gasteiger partial charge < -0.3 is 0 Å². The summed E-state index contributed by atoms with van der Waals surface area (Å²) in [5.74, 6) is 0.720. The van der Waals surface area contributed by atoms with E-state index in [2.05, 4.69) is 20.6 Å². The van der Waals surface area contributed by atoms with Gasteiger partial charge in [-0.05, 0) is 40.7 Å². The molecule has 0 spiro atoms. The monoisotopic (exact) mass is 400 g/mol. The second kappa shape index (κ2) is 7.22. The number of benzene rings is 2. The van der Waals surface area contributed by atoms with Gasteiger partial charge in [-0.25, -0.2) is 4.79 Å². The Morgan fingerprint density at radius 2 is 1.80 bits per heavy atom. The first-order chi connectivity index (χ1) is 14.6. The van der Waals surface area contributed by atoms with Gasteiger partial charge in [-0.3, -0.25) is 13.9 Å². The van der Waals surface area contributed by atoms with E-state index >= 15 is 0 Å². The van der Waals surface area contributed by atoms with Crippen molar-refractivity contribution in [3.05, 3.63) is 86.7 Å². The van der Waals surface area contributed by atoms with Crippen molar-refractivity contribution in [2.45, 2.75) is 25.3 Å². The molecule has 2 aromatic carbocycles. The first-order valence-electron chi connectivity index (χ1n) is 9.85. The van der Waals surface area contributed by atoms with Crippen LogP contribution in [0.2, 0.25) is 0 Å². The van der Waals surface area contributed by atoms with Crippen LogP contribution in [0.1, 0.15) is 30.0 Å². The fourth-order valence-electron chi connectivity index (χ4n) is 3.85. The summed E-state index contributed by atoms with van der Waals surface area (Å²) in [6, 6.07) is 17.5. The van der Waals surface area contributed by atoms with E-state index in [1.807, 2.05) is 48.5 Å². The summed E-state index contributed by atoms with van der Waals surface area (Å²) in [4.78, 5) is 25.3. The van der Waals surface area contributed by atoms with Gasteiger partial charge in [-0.1, -0.05) is 48.5 Å². The van der Waals surface area contributed by atoms with Crippen LogP contribution in [-0.2, 0) is 13.6 Å². The summed E-state index contributed by atoms with van der Waals surface area (Å²) < 4.78 is 2.87. The maximum absolute atomic E-state index is 13.1. The van der Waals surface area contributed by atoms with Gasteiger partial charge in [-0.2, -0.15) is 5.21 Å². The summed E-state index contributed by atoms with van der Waals surface area (Å²) in [7, 11) is 1.51. The van der Waals surface area contributed by atoms with Crippen molar-refractivity contribution < 1.29 is 0 Å². The molecule has 8 heteroatoms. The van der Waals surface area contributed by atoms with Crippen molar-refractivity contribution in [1.82, 2.24) is 29.8 Å². The highest BCUT2D eigenvalue weighted by Gasteiger charge is 2.29. The van der Waals surface area contributed by atoms with Gasteiger partial charge in [0.1, 0.15) is 0 Å². The van der Waals surface area contributed by atoms with Crippen LogP contribution in [0, 0.1) is 0 Å². The standard InChI is InChI=1S/C22H20N6O2/c1-27-20(29)12-19(15-10-11-15)28(22(27)30)13-18-16(14-6-3-2-4-7-14)8-5-9-17(18)21-23-25-26-24-21/h2-9,12,15H,10-11,13H2,1H3,(H,23,24,25,26). The van der Waals surface area contributed by atoms with Crippen LogP contribution in [-0.4, -0.2) is 29.8 Å². The Balaban J connectivity index is 1.75. The summed E-state index contributed by atoms with van der Waals surface area (Å²) in [6.07, 6.45) is 1.98. The van der Waals surface area contributed by atoms with Crippen LogP contribution in [0.15, 0.2) is 64.2 Å². The van der Waals surface area contributed by atoms with Crippen molar-refractivity contribution in [3.63, 3.8) is 0 Å². The van der Waals surface area contributed by atoms with Crippen molar-refractivity contribution in [3.8, 4) is 22.5 Å². The van der Waals surface area contributed by atoms with E-state index in [0.717, 1.165) is 45.4 Å². The van der Waals surface area contributed by atoms with E-state index in [-0.39, 0.29) is 17.2 Å². The lowest BCUT2D eigenvalue weighted by Gasteiger charge is -2.18. The Labute approximate surface area is 171 Å². The van der Waals surface area contributed by atoms with Gasteiger partial charge in [0.15, 0.2) is 0 Å². The molecular weight excluding hydrogens is 380 g/mol. The Morgan fingerprint density at radius 3 is 2.50 bits per heavy atom. The summed E-state index contributed by atoms with van der Waals surface area (Å²) in [5.41, 5.74) is 3.94. The van der Waals surface area contributed by atoms with Gasteiger partial charge in [0.2, 0.25) is 5.82 Å². The van der Waals surface area contributed by atoms with Crippen LogP contribution in [0.25, 0.3) is 22.5 Å². The lowest BCUT2D eigenvalue weighted by atomic mass is 9.94. The minimum atomic E-state index is -0.314. The zero-order valence-electron chi connectivity index (χ0n) is 16.4. The molecule has 4 aromatic rings. The normalized spacial score (nSPS) is 13.5. The van der Waals surface area contributed by atoms with E-state index in [1.54, 1.807) is 10.6 Å². The molecule has 1 aliphatic carbocycles. The Bertz CT molecular complexity index is 1320. The Hall–Kier alpha value is -3.81. The van der Waals surface area contributed by atoms with Gasteiger partial charge in [0.05, 0.1) is 6.54 Å². The van der Waals surface area contributed by atoms with Gasteiger partial charge >= 0.3 is 5.69 Å². The van der Waals surface area contributed by atoms with Crippen molar-refractivity contribution in [2.24, 2.45) is 7.05 Å². The number of nitrogens with zero attached hydrogens (tertiary/aromatic N) is 5. The number of rotatable bonds is 5. The predicted octanol–water partition coefficient (Wildman–Crippen LogP) is 2.32. The van der Waals surface area contributed by atoms with E-state index in [4.69, 9.17) is 0 Å². The summed E-state index contributed by atoms with van der Waals surface area (Å²) in [5, 5.41) is 14.5. The SMILES string of the molecule is Cn1c(=O)cc(C2CC2)n(Cc2c(-c3ccccc3)cccc2-c2nn[nH]n2)c1=O. The van der Waals surface area contributed by atoms with Crippen molar-refractivity contribution in [2.75, 3.05) is 0 Å². The molecule has 2 heterocycles. The van der Waals surface area contributed by atoms with Gasteiger partial charge in [0, 0.05) is 24.4 Å². The van der Waals surface area contributed by atoms with Crippen LogP contribution in [0.4, 0.5) is 0 Å². The molecule has 0 atom stereocenters. The van der Waals surface area contributed by atoms with E-state index in [0.29, 0.717) is 12.4 Å². The predicted molar refractivity (Wildman–Crippen MR) is 112 cm³/mol. The molecule has 150 valence electrons. The minimum Gasteiger partial charge on any atom is -0.293 e. The van der Waals surface area contributed by atoms with Crippen molar-refractivity contribution in [1.29, 1.82) is 0 Å². The molecule has 1 saturated carbocycles. The molecule has 0 saturated heterocycles. The zero-order valence-corrected chi connectivity index (χ0v) is 16.4. The minimum absolute atomic E-state index is 0.254. The molecule has 0 radical (unpaired) electrons. The summed E-state index contributed by atoms with van der Waals surface area (Å²) in [6.45, 7) is 0.313. The Morgan fingerprint density at radius 1 is 1.03 bits per heavy atom. The fourth-order valence-corrected chi connectivity index (χ4v) is 3.85. The van der Waals surface area contributed by atoms with E-state index in [1.165, 1.54) is 7.05 Å². The molecule has 0 unspecified atom stereocenters. The molecule has 0 amide bonds. The van der Waals surface area contributed by atoms with E-state index < -0.39 is 0 Å². The maximum Gasteiger partial charge on any atom is 0.331 e. The molecule has 2 aromatic heterocycles. The number of hydrogen-bond donors (Lipinski definition) is 1. The maximum atomic E-state index is 13.1. The number of tetrazole rings is 1. The van der Waals surface area contributed by atoms with Crippen LogP contribution < -0.4 is 11.2 Å². The average Bonchev–Trinajstić information content (AvgIpc) is 3.48. The van der Waals surface area contributed by atoms with E-state index in [9.17, 15) is 9.59 Å². The third-order valence-electron chi connectivity index (χ3n) is 5.59. The highest BCUT2D eigenvalue weighted by atomic mass is 16.2. The lowest BCUT2D eigenvalue weighted by molar-refractivity contribution is 0.613. The number of hydrogen-bond acceptors (Lipinski definition) is 5. The largest absolute Gasteiger partial charge is 0.331 e. The summed E-state index contributed by atoms with van der Waals surface area (Å²) >= 11 is 0. The molecule has 0 bridgehead atoms. The van der Waals surface area contributed by atoms with Crippen LogP contribution in [0.3, 0.4) is 0 Å². The average molecular weight is 400 g/mol. The lowest BCUT2D eigenvalue weighted by Crippen LogP contribution is -2.39. The quantitative estimate of drug-likeness (QED) is 0.554. The number of nitrogens with one attached hydrogen (secondary N) is 1. The zero-order chi connectivity index (χ0) is 20.7. The molecular formula is C22H20N6O2. The van der Waals surface area contributed by atoms with Gasteiger partial charge in [0.25, 0.3) is 5.56 Å². The Kier molecular flexibility index (Phi) is 4.39. The molecule has 1 N–H and O–H groups in total. The highest BCUT2D eigenvalue weighted by Crippen LogP contribution is 2.40. The van der Waals surface area contributed by atoms with Crippen LogP contribution in [0.5, 0.6) is 0 Å². The fraction of sp³-hybridized carbons (Fsp3) is 0.227. The number of aromatic amines is 1. The molecule has 30 heavy (non-hydrogen) atoms. The molecule has 8 nitrogen and oxygen atoms in total. The first kappa shape index (κ1) is 18.2. The number of aromatic nitrogens is 6. The first-order valence-corrected chi connectivity index (χ1v) is 9.85. The van der Waals surface area contributed by atoms with Crippen molar-refractivity contribution >= 4 is 0 Å². The molecule has 1 fully saturated rings. The second-order valence-electron chi connectivity index (χ2n) is 7.54. The third kappa shape index (κ3) is 3.16. The highest BCUT2D eigenvalue weighted by molar-refractivity contribution is 5.76. The molecule has 0 aliphatic heterocycles. The number of H-pyrrole nitrogens is 1. The topological polar surface area (TPSA) is 98.5 Å². The molecule has 1 aliphatic rings. The third-order valence-corrected chi connectivity index (χ3v) is 5.59. The van der Waals surface area contributed by atoms with Crippen LogP contribution >= 0.6 is 0 Å². The second-order valence-corrected chi connectivity index (χ2v) is 7.54. The van der Waals surface area contributed by atoms with Gasteiger partial charge in [-0.15, -0.1) is 10.2 Å². The smallest absolute Gasteiger partial charge is 0.293 e.